The van der Waals surface area contributed by atoms with Gasteiger partial charge >= 0.3 is 0 Å². The van der Waals surface area contributed by atoms with Crippen LogP contribution in [0.1, 0.15) is 5.56 Å². The molecule has 134 valence electrons. The van der Waals surface area contributed by atoms with Gasteiger partial charge in [-0.25, -0.2) is 4.39 Å². The Balaban J connectivity index is 1.68. The van der Waals surface area contributed by atoms with E-state index in [1.165, 1.54) is 12.1 Å². The van der Waals surface area contributed by atoms with Crippen LogP contribution >= 0.6 is 11.6 Å². The highest BCUT2D eigenvalue weighted by molar-refractivity contribution is 6.30. The van der Waals surface area contributed by atoms with E-state index in [1.54, 1.807) is 24.5 Å². The first kappa shape index (κ1) is 17.4. The summed E-state index contributed by atoms with van der Waals surface area (Å²) in [4.78, 5) is 4.09. The minimum Gasteiger partial charge on any atom is -0.271 e. The van der Waals surface area contributed by atoms with Gasteiger partial charge in [-0.15, -0.1) is 0 Å². The van der Waals surface area contributed by atoms with Crippen LogP contribution in [-0.2, 0) is 13.0 Å². The highest BCUT2D eigenvalue weighted by atomic mass is 35.5. The molecule has 0 saturated carbocycles. The van der Waals surface area contributed by atoms with E-state index >= 15 is 0 Å². The molecule has 0 spiro atoms. The molecule has 0 fully saturated rings. The van der Waals surface area contributed by atoms with E-state index in [0.29, 0.717) is 0 Å². The Morgan fingerprint density at radius 2 is 1.70 bits per heavy atom. The van der Waals surface area contributed by atoms with Crippen molar-refractivity contribution in [2.24, 2.45) is 0 Å². The minimum absolute atomic E-state index is 0.260. The van der Waals surface area contributed by atoms with Gasteiger partial charge in [0.25, 0.3) is 0 Å². The third-order valence-electron chi connectivity index (χ3n) is 4.39. The molecule has 0 radical (unpaired) electrons. The number of rotatable bonds is 5. The molecule has 27 heavy (non-hydrogen) atoms. The van der Waals surface area contributed by atoms with Gasteiger partial charge in [-0.05, 0) is 66.1 Å². The Kier molecular flexibility index (Phi) is 4.99. The number of aromatic nitrogens is 3. The molecule has 3 nitrogen and oxygen atoms in total. The predicted octanol–water partition coefficient (Wildman–Crippen LogP) is 5.65. The summed E-state index contributed by atoms with van der Waals surface area (Å²) in [5, 5.41) is 5.50. The van der Waals surface area contributed by atoms with Gasteiger partial charge in [0.15, 0.2) is 0 Å². The van der Waals surface area contributed by atoms with E-state index in [1.807, 2.05) is 41.2 Å². The van der Waals surface area contributed by atoms with Crippen molar-refractivity contribution in [1.29, 1.82) is 0 Å². The second kappa shape index (κ2) is 7.72. The Labute approximate surface area is 162 Å². The fraction of sp³-hybridized carbons (Fsp3) is 0.0909. The minimum atomic E-state index is -0.260. The standard InChI is InChI=1S/C22H17ClFN3/c23-19-3-1-2-16(14-19)10-13-27-15-21(17-8-11-25-12-9-17)22(26-27)18-4-6-20(24)7-5-18/h1-9,11-12,14-15H,10,13H2. The van der Waals surface area contributed by atoms with E-state index in [0.717, 1.165) is 45.9 Å². The molecule has 0 saturated heterocycles. The Morgan fingerprint density at radius 3 is 2.44 bits per heavy atom. The maximum atomic E-state index is 13.3. The Morgan fingerprint density at radius 1 is 0.926 bits per heavy atom. The first-order valence-electron chi connectivity index (χ1n) is 8.67. The third-order valence-corrected chi connectivity index (χ3v) is 4.62. The molecule has 0 atom stereocenters. The summed E-state index contributed by atoms with van der Waals surface area (Å²) in [6.07, 6.45) is 6.36. The fourth-order valence-electron chi connectivity index (χ4n) is 3.04. The zero-order valence-corrected chi connectivity index (χ0v) is 15.3. The van der Waals surface area contributed by atoms with Crippen LogP contribution in [0.2, 0.25) is 5.02 Å². The molecule has 0 aliphatic heterocycles. The first-order valence-corrected chi connectivity index (χ1v) is 9.05. The summed E-state index contributed by atoms with van der Waals surface area (Å²) in [7, 11) is 0. The lowest BCUT2D eigenvalue weighted by molar-refractivity contribution is 0.616. The van der Waals surface area contributed by atoms with Gasteiger partial charge in [0.1, 0.15) is 11.5 Å². The maximum Gasteiger partial charge on any atom is 0.123 e. The molecule has 0 unspecified atom stereocenters. The lowest BCUT2D eigenvalue weighted by atomic mass is 10.0. The quantitative estimate of drug-likeness (QED) is 0.450. The number of pyridine rings is 1. The maximum absolute atomic E-state index is 13.3. The summed E-state index contributed by atoms with van der Waals surface area (Å²) in [5.41, 5.74) is 4.89. The molecule has 5 heteroatoms. The third kappa shape index (κ3) is 4.07. The number of hydrogen-bond acceptors (Lipinski definition) is 2. The van der Waals surface area contributed by atoms with Gasteiger partial charge in [-0.1, -0.05) is 23.7 Å². The molecular weight excluding hydrogens is 361 g/mol. The predicted molar refractivity (Wildman–Crippen MR) is 106 cm³/mol. The average Bonchev–Trinajstić information content (AvgIpc) is 3.12. The van der Waals surface area contributed by atoms with Crippen molar-refractivity contribution < 1.29 is 4.39 Å². The molecule has 2 aromatic heterocycles. The van der Waals surface area contributed by atoms with E-state index in [-0.39, 0.29) is 5.82 Å². The van der Waals surface area contributed by atoms with Gasteiger partial charge in [-0.2, -0.15) is 5.10 Å². The van der Waals surface area contributed by atoms with E-state index in [9.17, 15) is 4.39 Å². The summed E-state index contributed by atoms with van der Waals surface area (Å²) >= 11 is 6.07. The van der Waals surface area contributed by atoms with Crippen LogP contribution < -0.4 is 0 Å². The van der Waals surface area contributed by atoms with Crippen molar-refractivity contribution in [3.8, 4) is 22.4 Å². The molecule has 0 bridgehead atoms. The summed E-state index contributed by atoms with van der Waals surface area (Å²) in [6, 6.07) is 18.2. The van der Waals surface area contributed by atoms with Crippen molar-refractivity contribution >= 4 is 11.6 Å². The van der Waals surface area contributed by atoms with Gasteiger partial charge in [0.2, 0.25) is 0 Å². The molecule has 4 aromatic rings. The van der Waals surface area contributed by atoms with Gasteiger partial charge < -0.3 is 0 Å². The molecule has 4 rings (SSSR count). The van der Waals surface area contributed by atoms with Crippen LogP contribution in [0.5, 0.6) is 0 Å². The zero-order chi connectivity index (χ0) is 18.6. The van der Waals surface area contributed by atoms with Crippen LogP contribution in [0.15, 0.2) is 79.3 Å². The van der Waals surface area contributed by atoms with Crippen molar-refractivity contribution in [3.63, 3.8) is 0 Å². The highest BCUT2D eigenvalue weighted by Crippen LogP contribution is 2.31. The number of nitrogens with zero attached hydrogens (tertiary/aromatic N) is 3. The lowest BCUT2D eigenvalue weighted by Crippen LogP contribution is -2.02. The molecule has 0 aliphatic rings. The Hall–Kier alpha value is -2.98. The second-order valence-electron chi connectivity index (χ2n) is 6.28. The van der Waals surface area contributed by atoms with Gasteiger partial charge in [0, 0.05) is 41.3 Å². The van der Waals surface area contributed by atoms with Crippen LogP contribution in [-0.4, -0.2) is 14.8 Å². The summed E-state index contributed by atoms with van der Waals surface area (Å²) in [5.74, 6) is -0.260. The van der Waals surface area contributed by atoms with Crippen molar-refractivity contribution in [1.82, 2.24) is 14.8 Å². The van der Waals surface area contributed by atoms with Crippen LogP contribution in [0.3, 0.4) is 0 Å². The largest absolute Gasteiger partial charge is 0.271 e. The molecule has 2 aromatic carbocycles. The first-order chi connectivity index (χ1) is 13.2. The number of benzene rings is 2. The highest BCUT2D eigenvalue weighted by Gasteiger charge is 2.13. The van der Waals surface area contributed by atoms with E-state index in [4.69, 9.17) is 16.7 Å². The van der Waals surface area contributed by atoms with E-state index in [2.05, 4.69) is 11.1 Å². The van der Waals surface area contributed by atoms with Gasteiger partial charge in [-0.3, -0.25) is 9.67 Å². The molecule has 0 aliphatic carbocycles. The fourth-order valence-corrected chi connectivity index (χ4v) is 3.25. The van der Waals surface area contributed by atoms with Crippen molar-refractivity contribution in [2.75, 3.05) is 0 Å². The normalized spacial score (nSPS) is 10.9. The van der Waals surface area contributed by atoms with Crippen molar-refractivity contribution in [2.45, 2.75) is 13.0 Å². The smallest absolute Gasteiger partial charge is 0.123 e. The van der Waals surface area contributed by atoms with Gasteiger partial charge in [0.05, 0.1) is 0 Å². The van der Waals surface area contributed by atoms with Crippen LogP contribution in [0.4, 0.5) is 4.39 Å². The molecular formula is C22H17ClFN3. The topological polar surface area (TPSA) is 30.7 Å². The average molecular weight is 378 g/mol. The lowest BCUT2D eigenvalue weighted by Gasteiger charge is -2.03. The Bertz CT molecular complexity index is 1040. The van der Waals surface area contributed by atoms with E-state index < -0.39 is 0 Å². The molecule has 0 N–H and O–H groups in total. The summed E-state index contributed by atoms with van der Waals surface area (Å²) in [6.45, 7) is 0.722. The van der Waals surface area contributed by atoms with Crippen molar-refractivity contribution in [3.05, 3.63) is 95.7 Å². The monoisotopic (exact) mass is 377 g/mol. The SMILES string of the molecule is Fc1ccc(-c2nn(CCc3cccc(Cl)c3)cc2-c2ccncc2)cc1. The zero-order valence-electron chi connectivity index (χ0n) is 14.5. The summed E-state index contributed by atoms with van der Waals surface area (Å²) < 4.78 is 15.3. The molecule has 2 heterocycles. The second-order valence-corrected chi connectivity index (χ2v) is 6.71. The number of hydrogen-bond donors (Lipinski definition) is 0. The number of halogens is 2. The number of aryl methyl sites for hydroxylation is 2. The van der Waals surface area contributed by atoms with Crippen LogP contribution in [0, 0.1) is 5.82 Å². The van der Waals surface area contributed by atoms with Crippen LogP contribution in [0.25, 0.3) is 22.4 Å². The molecule has 0 amide bonds.